The van der Waals surface area contributed by atoms with E-state index in [1.54, 1.807) is 31.2 Å². The number of esters is 1. The summed E-state index contributed by atoms with van der Waals surface area (Å²) in [6, 6.07) is 10.7. The monoisotopic (exact) mass is 507 g/mol. The van der Waals surface area contributed by atoms with E-state index in [2.05, 4.69) is 31.0 Å². The minimum Gasteiger partial charge on any atom is -0.466 e. The molecule has 0 aliphatic heterocycles. The topological polar surface area (TPSA) is 128 Å². The summed E-state index contributed by atoms with van der Waals surface area (Å²) in [5, 5.41) is 2.52. The van der Waals surface area contributed by atoms with Crippen LogP contribution in [0.15, 0.2) is 68.7 Å². The second-order valence-corrected chi connectivity index (χ2v) is 8.77. The van der Waals surface area contributed by atoms with E-state index < -0.39 is 21.9 Å². The van der Waals surface area contributed by atoms with Crippen LogP contribution in [0.4, 0.5) is 11.4 Å². The number of aromatic nitrogens is 1. The summed E-state index contributed by atoms with van der Waals surface area (Å²) in [4.78, 5) is 27.7. The molecule has 1 amide bonds. The Morgan fingerprint density at radius 3 is 2.48 bits per heavy atom. The zero-order valence-electron chi connectivity index (χ0n) is 16.3. The van der Waals surface area contributed by atoms with Crippen LogP contribution in [0.2, 0.25) is 0 Å². The van der Waals surface area contributed by atoms with Gasteiger partial charge in [0.05, 0.1) is 24.1 Å². The molecule has 0 fully saturated rings. The van der Waals surface area contributed by atoms with Gasteiger partial charge in [0.2, 0.25) is 0 Å². The second kappa shape index (κ2) is 9.75. The van der Waals surface area contributed by atoms with Gasteiger partial charge in [-0.15, -0.1) is 0 Å². The van der Waals surface area contributed by atoms with Gasteiger partial charge in [0.1, 0.15) is 6.26 Å². The molecular formula is C20H18BrN3O6S. The van der Waals surface area contributed by atoms with Crippen LogP contribution in [0.5, 0.6) is 0 Å². The van der Waals surface area contributed by atoms with E-state index in [1.165, 1.54) is 30.7 Å². The maximum absolute atomic E-state index is 13.1. The fourth-order valence-electron chi connectivity index (χ4n) is 2.64. The molecule has 31 heavy (non-hydrogen) atoms. The van der Waals surface area contributed by atoms with Crippen LogP contribution in [0, 0.1) is 0 Å². The van der Waals surface area contributed by atoms with Crippen molar-refractivity contribution < 1.29 is 27.2 Å². The summed E-state index contributed by atoms with van der Waals surface area (Å²) in [5.74, 6) is -1.39. The van der Waals surface area contributed by atoms with E-state index in [0.29, 0.717) is 5.69 Å². The number of hydrogen-bond acceptors (Lipinski definition) is 7. The van der Waals surface area contributed by atoms with Gasteiger partial charge in [0.15, 0.2) is 0 Å². The lowest BCUT2D eigenvalue weighted by Crippen LogP contribution is -2.18. The first-order valence-electron chi connectivity index (χ1n) is 9.06. The highest BCUT2D eigenvalue weighted by Crippen LogP contribution is 2.25. The van der Waals surface area contributed by atoms with E-state index in [-0.39, 0.29) is 35.1 Å². The first-order chi connectivity index (χ1) is 14.8. The summed E-state index contributed by atoms with van der Waals surface area (Å²) in [7, 11) is -4.09. The number of rotatable bonds is 8. The fourth-order valence-corrected chi connectivity index (χ4v) is 4.23. The van der Waals surface area contributed by atoms with Crippen molar-refractivity contribution in [2.24, 2.45) is 0 Å². The van der Waals surface area contributed by atoms with Crippen LogP contribution in [0.3, 0.4) is 0 Å². The van der Waals surface area contributed by atoms with E-state index in [4.69, 9.17) is 9.15 Å². The number of benzene rings is 2. The Morgan fingerprint density at radius 1 is 1.13 bits per heavy atom. The van der Waals surface area contributed by atoms with Crippen molar-refractivity contribution in [2.45, 2.75) is 18.2 Å². The molecular weight excluding hydrogens is 490 g/mol. The van der Waals surface area contributed by atoms with Crippen molar-refractivity contribution in [3.63, 3.8) is 0 Å². The molecule has 1 aromatic heterocycles. The van der Waals surface area contributed by atoms with Gasteiger partial charge in [0.25, 0.3) is 15.9 Å². The van der Waals surface area contributed by atoms with E-state index in [0.717, 1.165) is 4.47 Å². The number of carbonyl (C=O) groups excluding carboxylic acids is 2. The average Bonchev–Trinajstić information content (AvgIpc) is 3.26. The number of nitrogens with one attached hydrogen (secondary N) is 2. The maximum atomic E-state index is 13.1. The van der Waals surface area contributed by atoms with E-state index >= 15 is 0 Å². The van der Waals surface area contributed by atoms with Crippen LogP contribution in [0.25, 0.3) is 0 Å². The summed E-state index contributed by atoms with van der Waals surface area (Å²) in [6.45, 7) is 1.83. The van der Waals surface area contributed by atoms with Crippen LogP contribution in [0.1, 0.15) is 23.2 Å². The fraction of sp³-hybridized carbons (Fsp3) is 0.150. The predicted molar refractivity (Wildman–Crippen MR) is 116 cm³/mol. The first-order valence-corrected chi connectivity index (χ1v) is 11.3. The summed E-state index contributed by atoms with van der Waals surface area (Å²) in [6.07, 6.45) is 2.31. The van der Waals surface area contributed by atoms with Gasteiger partial charge in [-0.2, -0.15) is 0 Å². The normalized spacial score (nSPS) is 11.0. The molecule has 3 aromatic rings. The molecule has 0 atom stereocenters. The number of carbonyl (C=O) groups is 2. The molecule has 9 nitrogen and oxygen atoms in total. The smallest absolute Gasteiger partial charge is 0.311 e. The van der Waals surface area contributed by atoms with E-state index in [1.807, 2.05) is 0 Å². The Kier molecular flexibility index (Phi) is 7.08. The highest BCUT2D eigenvalue weighted by molar-refractivity contribution is 9.10. The molecule has 1 heterocycles. The van der Waals surface area contributed by atoms with Gasteiger partial charge >= 0.3 is 11.9 Å². The molecule has 2 aromatic carbocycles. The number of anilines is 2. The van der Waals surface area contributed by atoms with Crippen LogP contribution >= 0.6 is 15.9 Å². The predicted octanol–water partition coefficient (Wildman–Crippen LogP) is 3.60. The highest BCUT2D eigenvalue weighted by Gasteiger charge is 2.22. The van der Waals surface area contributed by atoms with Crippen molar-refractivity contribution >= 4 is 49.2 Å². The highest BCUT2D eigenvalue weighted by atomic mass is 79.9. The van der Waals surface area contributed by atoms with Crippen molar-refractivity contribution in [2.75, 3.05) is 16.6 Å². The third-order valence-corrected chi connectivity index (χ3v) is 5.97. The standard InChI is InChI=1S/C20H18BrN3O6S/c1-2-29-18(25)11-13-3-6-16(23-19(26)20-22-9-10-30-20)12-17(13)31(27,28)24-15-7-4-14(21)5-8-15/h3-10,12,24H,2,11H2,1H3,(H,23,26). The minimum atomic E-state index is -4.09. The molecule has 0 bridgehead atoms. The Balaban J connectivity index is 1.95. The lowest BCUT2D eigenvalue weighted by molar-refractivity contribution is -0.142. The molecule has 0 spiro atoms. The molecule has 3 rings (SSSR count). The molecule has 162 valence electrons. The zero-order valence-corrected chi connectivity index (χ0v) is 18.7. The van der Waals surface area contributed by atoms with Crippen molar-refractivity contribution in [1.29, 1.82) is 0 Å². The van der Waals surface area contributed by atoms with Gasteiger partial charge in [-0.3, -0.25) is 14.3 Å². The molecule has 0 unspecified atom stereocenters. The maximum Gasteiger partial charge on any atom is 0.311 e. The van der Waals surface area contributed by atoms with Crippen molar-refractivity contribution in [1.82, 2.24) is 4.98 Å². The van der Waals surface area contributed by atoms with Crippen LogP contribution < -0.4 is 10.0 Å². The quantitative estimate of drug-likeness (QED) is 0.445. The molecule has 11 heteroatoms. The number of oxazole rings is 1. The number of nitrogens with zero attached hydrogens (tertiary/aromatic N) is 1. The molecule has 0 aliphatic carbocycles. The van der Waals surface area contributed by atoms with Crippen molar-refractivity contribution in [3.8, 4) is 0 Å². The molecule has 0 aliphatic rings. The summed E-state index contributed by atoms with van der Waals surface area (Å²) < 4.78 is 39.3. The lowest BCUT2D eigenvalue weighted by Gasteiger charge is -2.14. The van der Waals surface area contributed by atoms with E-state index in [9.17, 15) is 18.0 Å². The molecule has 0 saturated heterocycles. The Morgan fingerprint density at radius 2 is 1.84 bits per heavy atom. The van der Waals surface area contributed by atoms with Gasteiger partial charge < -0.3 is 14.5 Å². The lowest BCUT2D eigenvalue weighted by atomic mass is 10.1. The minimum absolute atomic E-state index is 0.169. The zero-order chi connectivity index (χ0) is 22.4. The summed E-state index contributed by atoms with van der Waals surface area (Å²) >= 11 is 3.29. The summed E-state index contributed by atoms with van der Waals surface area (Å²) in [5.41, 5.74) is 0.740. The number of sulfonamides is 1. The SMILES string of the molecule is CCOC(=O)Cc1ccc(NC(=O)c2ncco2)cc1S(=O)(=O)Nc1ccc(Br)cc1. The van der Waals surface area contributed by atoms with Crippen LogP contribution in [-0.2, 0) is 26.0 Å². The molecule has 0 saturated carbocycles. The molecule has 0 radical (unpaired) electrons. The number of ether oxygens (including phenoxy) is 1. The van der Waals surface area contributed by atoms with Gasteiger partial charge in [-0.25, -0.2) is 13.4 Å². The largest absolute Gasteiger partial charge is 0.466 e. The second-order valence-electron chi connectivity index (χ2n) is 6.21. The van der Waals surface area contributed by atoms with Gasteiger partial charge in [-0.1, -0.05) is 22.0 Å². The van der Waals surface area contributed by atoms with Gasteiger partial charge in [0, 0.05) is 15.8 Å². The third-order valence-electron chi connectivity index (χ3n) is 3.98. The molecule has 2 N–H and O–H groups in total. The Bertz CT molecular complexity index is 1180. The average molecular weight is 508 g/mol. The third kappa shape index (κ3) is 5.92. The van der Waals surface area contributed by atoms with Gasteiger partial charge in [-0.05, 0) is 48.9 Å². The Hall–Kier alpha value is -3.18. The number of amides is 1. The number of hydrogen-bond donors (Lipinski definition) is 2. The first kappa shape index (κ1) is 22.5. The number of halogens is 1. The van der Waals surface area contributed by atoms with Crippen LogP contribution in [-0.4, -0.2) is 31.9 Å². The Labute approximate surface area is 187 Å². The van der Waals surface area contributed by atoms with Crippen molar-refractivity contribution in [3.05, 3.63) is 70.9 Å².